The summed E-state index contributed by atoms with van der Waals surface area (Å²) in [5.41, 5.74) is -0.549. The summed E-state index contributed by atoms with van der Waals surface area (Å²) in [5.74, 6) is 0.804. The first-order valence-electron chi connectivity index (χ1n) is 7.91. The normalized spacial score (nSPS) is 16.4. The summed E-state index contributed by atoms with van der Waals surface area (Å²) in [7, 11) is -5.33. The summed E-state index contributed by atoms with van der Waals surface area (Å²) in [4.78, 5) is 0. The minimum absolute atomic E-state index is 0.0481. The Morgan fingerprint density at radius 2 is 1.41 bits per heavy atom. The van der Waals surface area contributed by atoms with Crippen LogP contribution in [0.4, 0.5) is 0 Å². The minimum atomic E-state index is -3.73. The molecule has 0 aromatic rings. The van der Waals surface area contributed by atoms with E-state index in [9.17, 15) is 4.57 Å². The van der Waals surface area contributed by atoms with Gasteiger partial charge in [0.25, 0.3) is 0 Å². The molecule has 0 aromatic carbocycles. The Morgan fingerprint density at radius 3 is 1.89 bits per heavy atom. The highest BCUT2D eigenvalue weighted by Crippen LogP contribution is 2.51. The highest BCUT2D eigenvalue weighted by molar-refractivity contribution is 9.09. The Kier molecular flexibility index (Phi) is 19.4. The van der Waals surface area contributed by atoms with E-state index in [1.165, 1.54) is 0 Å². The van der Waals surface area contributed by atoms with E-state index in [4.69, 9.17) is 61.9 Å². The van der Waals surface area contributed by atoms with Crippen LogP contribution in [0.15, 0.2) is 0 Å². The molecule has 0 rings (SSSR count). The Morgan fingerprint density at radius 1 is 0.852 bits per heavy atom. The highest BCUT2D eigenvalue weighted by Gasteiger charge is 2.33. The predicted octanol–water partition coefficient (Wildman–Crippen LogP) is 5.93. The third-order valence-corrected chi connectivity index (χ3v) is 7.32. The fourth-order valence-corrected chi connectivity index (χ4v) is 5.03. The van der Waals surface area contributed by atoms with Crippen molar-refractivity contribution in [2.45, 2.75) is 6.92 Å². The smallest absolute Gasteiger partial charge is 0.312 e. The maximum Gasteiger partial charge on any atom is 0.474 e. The molecule has 0 amide bonds. The van der Waals surface area contributed by atoms with Crippen molar-refractivity contribution in [1.29, 1.82) is 0 Å². The van der Waals surface area contributed by atoms with Crippen molar-refractivity contribution in [3.63, 3.8) is 0 Å². The Hall–Kier alpha value is 2.25. The lowest BCUT2D eigenvalue weighted by molar-refractivity contribution is 0.0571. The van der Waals surface area contributed by atoms with Crippen molar-refractivity contribution in [2.24, 2.45) is 5.41 Å². The van der Waals surface area contributed by atoms with Gasteiger partial charge in [-0.25, -0.2) is 4.57 Å². The highest BCUT2D eigenvalue weighted by atomic mass is 79.9. The van der Waals surface area contributed by atoms with E-state index in [1.807, 2.05) is 6.92 Å². The summed E-state index contributed by atoms with van der Waals surface area (Å²) < 4.78 is 45.1. The Balaban J connectivity index is 4.73. The molecule has 7 nitrogen and oxygen atoms in total. The zero-order valence-corrected chi connectivity index (χ0v) is 22.1. The molecular formula is C13H25Br2Cl3O7P2. The molecule has 0 aliphatic carbocycles. The maximum atomic E-state index is 12.6. The van der Waals surface area contributed by atoms with Gasteiger partial charge in [-0.1, -0.05) is 38.8 Å². The van der Waals surface area contributed by atoms with Crippen LogP contribution in [-0.2, 0) is 31.7 Å². The molecule has 2 atom stereocenters. The molecule has 164 valence electrons. The van der Waals surface area contributed by atoms with E-state index >= 15 is 0 Å². The van der Waals surface area contributed by atoms with E-state index in [2.05, 4.69) is 31.9 Å². The van der Waals surface area contributed by atoms with Gasteiger partial charge in [-0.05, 0) is 0 Å². The average Bonchev–Trinajstić information content (AvgIpc) is 2.69. The van der Waals surface area contributed by atoms with Crippen LogP contribution in [0.1, 0.15) is 6.92 Å². The van der Waals surface area contributed by atoms with Crippen LogP contribution in [0.25, 0.3) is 0 Å². The molecule has 0 fully saturated rings. The molecule has 0 aromatic heterocycles. The molecule has 0 aliphatic rings. The third-order valence-electron chi connectivity index (χ3n) is 2.61. The molecule has 27 heavy (non-hydrogen) atoms. The van der Waals surface area contributed by atoms with Crippen molar-refractivity contribution in [2.75, 3.05) is 67.9 Å². The van der Waals surface area contributed by atoms with E-state index < -0.39 is 21.8 Å². The van der Waals surface area contributed by atoms with Gasteiger partial charge in [0, 0.05) is 33.7 Å². The topological polar surface area (TPSA) is 72.5 Å². The lowest BCUT2D eigenvalue weighted by Crippen LogP contribution is -2.30. The number of phosphoric ester groups is 1. The summed E-state index contributed by atoms with van der Waals surface area (Å²) in [6, 6.07) is 0. The van der Waals surface area contributed by atoms with E-state index in [-0.39, 0.29) is 32.3 Å². The number of hydrogen-bond donors (Lipinski definition) is 0. The second kappa shape index (κ2) is 17.9. The van der Waals surface area contributed by atoms with Gasteiger partial charge in [0.1, 0.15) is 0 Å². The van der Waals surface area contributed by atoms with Crippen molar-refractivity contribution >= 4 is 83.1 Å². The minimum Gasteiger partial charge on any atom is -0.312 e. The predicted molar refractivity (Wildman–Crippen MR) is 118 cm³/mol. The van der Waals surface area contributed by atoms with Gasteiger partial charge < -0.3 is 13.6 Å². The molecule has 0 bridgehead atoms. The van der Waals surface area contributed by atoms with Crippen molar-refractivity contribution in [3.05, 3.63) is 0 Å². The third kappa shape index (κ3) is 14.8. The van der Waals surface area contributed by atoms with E-state index in [0.717, 1.165) is 0 Å². The fraction of sp³-hybridized carbons (Fsp3) is 1.00. The van der Waals surface area contributed by atoms with Gasteiger partial charge in [-0.2, -0.15) is 0 Å². The van der Waals surface area contributed by atoms with Crippen LogP contribution in [0.5, 0.6) is 0 Å². The molecule has 0 saturated heterocycles. The SMILES string of the molecule is CC(CBr)(COP(OCCCl)OCCCl)COP(=O)(OCCCl)OCCBr. The molecular weight excluding hydrogens is 596 g/mol. The monoisotopic (exact) mass is 618 g/mol. The summed E-state index contributed by atoms with van der Waals surface area (Å²) in [6.45, 7) is 2.95. The Bertz CT molecular complexity index is 398. The van der Waals surface area contributed by atoms with E-state index in [1.54, 1.807) is 0 Å². The second-order valence-electron chi connectivity index (χ2n) is 5.25. The van der Waals surface area contributed by atoms with Gasteiger partial charge in [0.15, 0.2) is 0 Å². The van der Waals surface area contributed by atoms with Crippen LogP contribution >= 0.6 is 83.1 Å². The first-order chi connectivity index (χ1) is 12.9. The lowest BCUT2D eigenvalue weighted by Gasteiger charge is -2.29. The first-order valence-corrected chi connectivity index (χ1v) is 14.3. The fourth-order valence-electron chi connectivity index (χ4n) is 1.30. The quantitative estimate of drug-likeness (QED) is 0.131. The zero-order valence-electron chi connectivity index (χ0n) is 14.9. The van der Waals surface area contributed by atoms with Gasteiger partial charge in [0.2, 0.25) is 0 Å². The van der Waals surface area contributed by atoms with Crippen LogP contribution in [-0.4, -0.2) is 67.9 Å². The molecule has 0 spiro atoms. The lowest BCUT2D eigenvalue weighted by atomic mass is 9.97. The van der Waals surface area contributed by atoms with Gasteiger partial charge in [0.05, 0.1) is 39.6 Å². The zero-order chi connectivity index (χ0) is 20.6. The standard InChI is InChI=1S/C13H25Br2Cl3O7P2/c1-13(10-15,11-22-26(20-7-3-16)21-8-4-17)12-25-27(19,23-6-2-14)24-9-5-18/h2-12H2,1H3. The number of alkyl halides is 5. The molecule has 0 radical (unpaired) electrons. The number of halogens is 5. The molecule has 0 saturated carbocycles. The summed E-state index contributed by atoms with van der Waals surface area (Å²) >= 11 is 23.5. The molecule has 0 aliphatic heterocycles. The van der Waals surface area contributed by atoms with Crippen LogP contribution in [0, 0.1) is 5.41 Å². The van der Waals surface area contributed by atoms with Crippen molar-refractivity contribution < 1.29 is 31.7 Å². The number of phosphoric acid groups is 1. The molecule has 2 unspecified atom stereocenters. The largest absolute Gasteiger partial charge is 0.474 e. The second-order valence-corrected chi connectivity index (χ2v) is 10.6. The summed E-state index contributed by atoms with van der Waals surface area (Å²) in [5, 5.41) is 0.992. The summed E-state index contributed by atoms with van der Waals surface area (Å²) in [6.07, 6.45) is 0. The van der Waals surface area contributed by atoms with Crippen molar-refractivity contribution in [1.82, 2.24) is 0 Å². The molecule has 0 heterocycles. The van der Waals surface area contributed by atoms with E-state index in [0.29, 0.717) is 35.6 Å². The van der Waals surface area contributed by atoms with Gasteiger partial charge in [-0.3, -0.25) is 13.6 Å². The Labute approximate surface area is 194 Å². The van der Waals surface area contributed by atoms with Crippen molar-refractivity contribution in [3.8, 4) is 0 Å². The average molecular weight is 621 g/mol. The van der Waals surface area contributed by atoms with Crippen LogP contribution in [0.3, 0.4) is 0 Å². The van der Waals surface area contributed by atoms with Crippen LogP contribution in [0.2, 0.25) is 0 Å². The van der Waals surface area contributed by atoms with Crippen LogP contribution < -0.4 is 0 Å². The number of rotatable bonds is 19. The number of hydrogen-bond acceptors (Lipinski definition) is 7. The molecule has 14 heteroatoms. The first kappa shape index (κ1) is 29.2. The maximum absolute atomic E-state index is 12.6. The van der Waals surface area contributed by atoms with Gasteiger partial charge >= 0.3 is 16.4 Å². The van der Waals surface area contributed by atoms with Gasteiger partial charge in [-0.15, -0.1) is 34.8 Å². The molecule has 0 N–H and O–H groups in total.